The molecule has 2 rings (SSSR count). The van der Waals surface area contributed by atoms with Gasteiger partial charge in [-0.1, -0.05) is 0 Å². The highest BCUT2D eigenvalue weighted by molar-refractivity contribution is 6.04. The Balaban J connectivity index is 2.36. The van der Waals surface area contributed by atoms with Crippen molar-refractivity contribution in [2.75, 3.05) is 5.32 Å². The number of carbonyl (C=O) groups is 1. The monoisotopic (exact) mass is 276 g/mol. The maximum atomic E-state index is 13.9. The van der Waals surface area contributed by atoms with Crippen molar-refractivity contribution in [3.05, 3.63) is 57.8 Å². The molecule has 1 aromatic carbocycles. The molecule has 0 aliphatic rings. The highest BCUT2D eigenvalue weighted by Crippen LogP contribution is 2.21. The number of carbonyl (C=O) groups excluding carboxylic acids is 1. The summed E-state index contributed by atoms with van der Waals surface area (Å²) in [6.45, 7) is 1.35. The Kier molecular flexibility index (Phi) is 3.65. The summed E-state index contributed by atoms with van der Waals surface area (Å²) in [7, 11) is 0. The van der Waals surface area contributed by atoms with Crippen LogP contribution in [0, 0.1) is 22.9 Å². The molecule has 0 unspecified atom stereocenters. The summed E-state index contributed by atoms with van der Waals surface area (Å²) in [4.78, 5) is 29.5. The molecule has 102 valence electrons. The molecule has 1 N–H and O–H groups in total. The molecule has 7 nitrogen and oxygen atoms in total. The molecule has 1 amide bonds. The molecular formula is C12H9FN4O3. The van der Waals surface area contributed by atoms with Gasteiger partial charge in [0.05, 0.1) is 16.7 Å². The van der Waals surface area contributed by atoms with Gasteiger partial charge in [0.1, 0.15) is 5.82 Å². The SMILES string of the molecule is Cc1cc([N+](=O)[O-])cc(C(=O)Nc2cnccn2)c1F. The number of rotatable bonds is 3. The van der Waals surface area contributed by atoms with Gasteiger partial charge >= 0.3 is 0 Å². The van der Waals surface area contributed by atoms with Gasteiger partial charge in [-0.2, -0.15) is 0 Å². The fraction of sp³-hybridized carbons (Fsp3) is 0.0833. The molecule has 0 radical (unpaired) electrons. The zero-order valence-corrected chi connectivity index (χ0v) is 10.3. The fourth-order valence-corrected chi connectivity index (χ4v) is 1.57. The van der Waals surface area contributed by atoms with Crippen molar-refractivity contribution in [2.45, 2.75) is 6.92 Å². The van der Waals surface area contributed by atoms with Gasteiger partial charge in [0.2, 0.25) is 0 Å². The summed E-state index contributed by atoms with van der Waals surface area (Å²) in [6, 6.07) is 1.95. The van der Waals surface area contributed by atoms with Crippen molar-refractivity contribution < 1.29 is 14.1 Å². The number of aromatic nitrogens is 2. The van der Waals surface area contributed by atoms with Gasteiger partial charge in [0, 0.05) is 24.5 Å². The first-order valence-corrected chi connectivity index (χ1v) is 5.51. The van der Waals surface area contributed by atoms with Gasteiger partial charge < -0.3 is 5.32 Å². The van der Waals surface area contributed by atoms with Gasteiger partial charge in [-0.3, -0.25) is 19.9 Å². The number of amides is 1. The molecule has 0 aliphatic carbocycles. The first-order chi connectivity index (χ1) is 9.49. The van der Waals surface area contributed by atoms with Gasteiger partial charge in [-0.05, 0) is 12.5 Å². The first kappa shape index (κ1) is 13.5. The lowest BCUT2D eigenvalue weighted by Crippen LogP contribution is -2.15. The molecule has 0 bridgehead atoms. The summed E-state index contributed by atoms with van der Waals surface area (Å²) in [5.74, 6) is -1.51. The third-order valence-corrected chi connectivity index (χ3v) is 2.50. The number of aryl methyl sites for hydroxylation is 1. The number of hydrogen-bond donors (Lipinski definition) is 1. The van der Waals surface area contributed by atoms with E-state index in [1.54, 1.807) is 0 Å². The van der Waals surface area contributed by atoms with Crippen molar-refractivity contribution in [3.8, 4) is 0 Å². The van der Waals surface area contributed by atoms with E-state index in [-0.39, 0.29) is 17.1 Å². The highest BCUT2D eigenvalue weighted by Gasteiger charge is 2.20. The second kappa shape index (κ2) is 5.39. The number of nitrogens with one attached hydrogen (secondary N) is 1. The fourth-order valence-electron chi connectivity index (χ4n) is 1.57. The van der Waals surface area contributed by atoms with Crippen molar-refractivity contribution in [1.82, 2.24) is 9.97 Å². The standard InChI is InChI=1S/C12H9FN4O3/c1-7-4-8(17(19)20)5-9(11(7)13)12(18)16-10-6-14-2-3-15-10/h2-6H,1H3,(H,15,16,18). The molecule has 0 spiro atoms. The number of non-ortho nitro benzene ring substituents is 1. The van der Waals surface area contributed by atoms with Crippen LogP contribution >= 0.6 is 0 Å². The molecule has 0 saturated carbocycles. The molecule has 1 heterocycles. The Labute approximate surface area is 112 Å². The van der Waals surface area contributed by atoms with Crippen molar-refractivity contribution in [1.29, 1.82) is 0 Å². The second-order valence-corrected chi connectivity index (χ2v) is 3.93. The van der Waals surface area contributed by atoms with Gasteiger partial charge in [0.15, 0.2) is 5.82 Å². The normalized spacial score (nSPS) is 10.1. The van der Waals surface area contributed by atoms with Crippen molar-refractivity contribution in [3.63, 3.8) is 0 Å². The van der Waals surface area contributed by atoms with Gasteiger partial charge in [-0.25, -0.2) is 9.37 Å². The van der Waals surface area contributed by atoms with Gasteiger partial charge in [-0.15, -0.1) is 0 Å². The summed E-state index contributed by atoms with van der Waals surface area (Å²) in [5.41, 5.74) is -0.751. The van der Waals surface area contributed by atoms with E-state index in [1.165, 1.54) is 25.5 Å². The Morgan fingerprint density at radius 3 is 2.75 bits per heavy atom. The summed E-state index contributed by atoms with van der Waals surface area (Å²) in [6.07, 6.45) is 4.04. The Morgan fingerprint density at radius 2 is 2.15 bits per heavy atom. The van der Waals surface area contributed by atoms with Crippen LogP contribution in [0.15, 0.2) is 30.7 Å². The van der Waals surface area contributed by atoms with Crippen LogP contribution in [0.2, 0.25) is 0 Å². The molecular weight excluding hydrogens is 267 g/mol. The van der Waals surface area contributed by atoms with Crippen LogP contribution in [0.25, 0.3) is 0 Å². The zero-order valence-electron chi connectivity index (χ0n) is 10.3. The topological polar surface area (TPSA) is 98.0 Å². The lowest BCUT2D eigenvalue weighted by Gasteiger charge is -2.06. The summed E-state index contributed by atoms with van der Waals surface area (Å²) >= 11 is 0. The largest absolute Gasteiger partial charge is 0.305 e. The lowest BCUT2D eigenvalue weighted by atomic mass is 10.1. The van der Waals surface area contributed by atoms with E-state index in [9.17, 15) is 19.3 Å². The Morgan fingerprint density at radius 1 is 1.40 bits per heavy atom. The van der Waals surface area contributed by atoms with E-state index in [4.69, 9.17) is 0 Å². The number of nitrogens with zero attached hydrogens (tertiary/aromatic N) is 3. The van der Waals surface area contributed by atoms with E-state index in [1.807, 2.05) is 0 Å². The van der Waals surface area contributed by atoms with Crippen LogP contribution in [0.3, 0.4) is 0 Å². The third-order valence-electron chi connectivity index (χ3n) is 2.50. The highest BCUT2D eigenvalue weighted by atomic mass is 19.1. The molecule has 20 heavy (non-hydrogen) atoms. The predicted octanol–water partition coefficient (Wildman–Crippen LogP) is 2.08. The zero-order chi connectivity index (χ0) is 14.7. The minimum Gasteiger partial charge on any atom is -0.305 e. The molecule has 0 atom stereocenters. The molecule has 0 fully saturated rings. The van der Waals surface area contributed by atoms with E-state index in [0.29, 0.717) is 0 Å². The minimum atomic E-state index is -0.824. The third kappa shape index (κ3) is 2.74. The number of nitro groups is 1. The molecule has 2 aromatic rings. The first-order valence-electron chi connectivity index (χ1n) is 5.51. The minimum absolute atomic E-state index is 0.0171. The maximum Gasteiger partial charge on any atom is 0.270 e. The average molecular weight is 276 g/mol. The number of hydrogen-bond acceptors (Lipinski definition) is 5. The summed E-state index contributed by atoms with van der Waals surface area (Å²) in [5, 5.41) is 13.0. The number of nitro benzene ring substituents is 1. The van der Waals surface area contributed by atoms with Crippen LogP contribution < -0.4 is 5.32 Å². The smallest absolute Gasteiger partial charge is 0.270 e. The summed E-state index contributed by atoms with van der Waals surface area (Å²) < 4.78 is 13.9. The lowest BCUT2D eigenvalue weighted by molar-refractivity contribution is -0.385. The van der Waals surface area contributed by atoms with E-state index in [2.05, 4.69) is 15.3 Å². The average Bonchev–Trinajstić information content (AvgIpc) is 2.42. The van der Waals surface area contributed by atoms with Crippen LogP contribution in [0.5, 0.6) is 0 Å². The Hall–Kier alpha value is -2.90. The van der Waals surface area contributed by atoms with E-state index >= 15 is 0 Å². The number of benzene rings is 1. The molecule has 0 aliphatic heterocycles. The molecule has 1 aromatic heterocycles. The number of halogens is 1. The van der Waals surface area contributed by atoms with E-state index in [0.717, 1.165) is 12.1 Å². The van der Waals surface area contributed by atoms with Crippen molar-refractivity contribution in [2.24, 2.45) is 0 Å². The van der Waals surface area contributed by atoms with E-state index < -0.39 is 22.2 Å². The van der Waals surface area contributed by atoms with Crippen molar-refractivity contribution >= 4 is 17.4 Å². The quantitative estimate of drug-likeness (QED) is 0.683. The predicted molar refractivity (Wildman–Crippen MR) is 67.8 cm³/mol. The van der Waals surface area contributed by atoms with Crippen LogP contribution in [0.4, 0.5) is 15.9 Å². The molecule has 0 saturated heterocycles. The number of anilines is 1. The molecule has 8 heteroatoms. The van der Waals surface area contributed by atoms with Crippen LogP contribution in [0.1, 0.15) is 15.9 Å². The second-order valence-electron chi connectivity index (χ2n) is 3.93. The maximum absolute atomic E-state index is 13.9. The Bertz CT molecular complexity index is 676. The van der Waals surface area contributed by atoms with Crippen LogP contribution in [-0.4, -0.2) is 20.8 Å². The van der Waals surface area contributed by atoms with Crippen LogP contribution in [-0.2, 0) is 0 Å². The van der Waals surface area contributed by atoms with Gasteiger partial charge in [0.25, 0.3) is 11.6 Å².